The molecule has 1 aromatic heterocycles. The largest absolute Gasteiger partial charge is 0.493 e. The van der Waals surface area contributed by atoms with E-state index < -0.39 is 11.9 Å². The lowest BCUT2D eigenvalue weighted by molar-refractivity contribution is -0.112. The van der Waals surface area contributed by atoms with Crippen LogP contribution in [0.15, 0.2) is 17.7 Å². The summed E-state index contributed by atoms with van der Waals surface area (Å²) < 4.78 is 20.9. The fourth-order valence-electron chi connectivity index (χ4n) is 3.64. The van der Waals surface area contributed by atoms with Crippen molar-refractivity contribution in [2.45, 2.75) is 25.7 Å². The van der Waals surface area contributed by atoms with Crippen molar-refractivity contribution in [3.63, 3.8) is 0 Å². The average molecular weight is 457 g/mol. The number of ether oxygens (including phenoxy) is 4. The Balaban J connectivity index is 1.96. The molecule has 0 aliphatic heterocycles. The Kier molecular flexibility index (Phi) is 7.38. The van der Waals surface area contributed by atoms with Crippen LogP contribution >= 0.6 is 11.3 Å². The van der Waals surface area contributed by atoms with Gasteiger partial charge in [-0.15, -0.1) is 11.3 Å². The van der Waals surface area contributed by atoms with Crippen LogP contribution < -0.4 is 19.5 Å². The number of anilines is 1. The van der Waals surface area contributed by atoms with Crippen LogP contribution in [0.4, 0.5) is 5.00 Å². The van der Waals surface area contributed by atoms with Gasteiger partial charge in [-0.3, -0.25) is 4.79 Å². The zero-order chi connectivity index (χ0) is 23.3. The van der Waals surface area contributed by atoms with E-state index in [-0.39, 0.29) is 5.57 Å². The molecule has 0 saturated heterocycles. The second-order valence-corrected chi connectivity index (χ2v) is 8.09. The molecule has 0 saturated carbocycles. The second-order valence-electron chi connectivity index (χ2n) is 6.99. The fourth-order valence-corrected chi connectivity index (χ4v) is 4.91. The van der Waals surface area contributed by atoms with Gasteiger partial charge in [0.15, 0.2) is 11.5 Å². The Morgan fingerprint density at radius 1 is 1.06 bits per heavy atom. The number of amides is 1. The van der Waals surface area contributed by atoms with Gasteiger partial charge in [-0.05, 0) is 55.0 Å². The second kappa shape index (κ2) is 10.2. The van der Waals surface area contributed by atoms with E-state index in [9.17, 15) is 14.9 Å². The monoisotopic (exact) mass is 456 g/mol. The molecular formula is C23H24N2O6S. The Labute approximate surface area is 190 Å². The van der Waals surface area contributed by atoms with E-state index in [1.54, 1.807) is 12.1 Å². The number of rotatable bonds is 7. The molecule has 0 spiro atoms. The molecule has 168 valence electrons. The number of hydrogen-bond donors (Lipinski definition) is 1. The smallest absolute Gasteiger partial charge is 0.341 e. The molecule has 0 bridgehead atoms. The van der Waals surface area contributed by atoms with Crippen molar-refractivity contribution in [2.75, 3.05) is 33.8 Å². The van der Waals surface area contributed by atoms with Crippen molar-refractivity contribution in [1.29, 1.82) is 5.26 Å². The van der Waals surface area contributed by atoms with Gasteiger partial charge in [0.2, 0.25) is 5.75 Å². The summed E-state index contributed by atoms with van der Waals surface area (Å²) in [6.45, 7) is 0. The number of esters is 1. The summed E-state index contributed by atoms with van der Waals surface area (Å²) in [5, 5.41) is 12.8. The zero-order valence-corrected chi connectivity index (χ0v) is 19.2. The first-order valence-corrected chi connectivity index (χ1v) is 10.7. The van der Waals surface area contributed by atoms with Crippen LogP contribution in [-0.2, 0) is 22.4 Å². The van der Waals surface area contributed by atoms with E-state index in [1.807, 2.05) is 6.07 Å². The highest BCUT2D eigenvalue weighted by Gasteiger charge is 2.27. The first-order chi connectivity index (χ1) is 15.5. The average Bonchev–Trinajstić information content (AvgIpc) is 3.18. The summed E-state index contributed by atoms with van der Waals surface area (Å²) in [4.78, 5) is 26.4. The predicted molar refractivity (Wildman–Crippen MR) is 121 cm³/mol. The van der Waals surface area contributed by atoms with Crippen molar-refractivity contribution in [3.05, 3.63) is 39.3 Å². The number of carbonyl (C=O) groups excluding carboxylic acids is 2. The highest BCUT2D eigenvalue weighted by molar-refractivity contribution is 7.17. The predicted octanol–water partition coefficient (Wildman–Crippen LogP) is 3.98. The molecule has 0 fully saturated rings. The number of hydrogen-bond acceptors (Lipinski definition) is 8. The van der Waals surface area contributed by atoms with E-state index in [4.69, 9.17) is 18.9 Å². The van der Waals surface area contributed by atoms with E-state index in [1.165, 1.54) is 45.9 Å². The van der Waals surface area contributed by atoms with Crippen LogP contribution in [0.1, 0.15) is 39.2 Å². The van der Waals surface area contributed by atoms with Crippen LogP contribution in [0.25, 0.3) is 6.08 Å². The third-order valence-electron chi connectivity index (χ3n) is 5.15. The van der Waals surface area contributed by atoms with Gasteiger partial charge in [0.1, 0.15) is 16.6 Å². The normalized spacial score (nSPS) is 12.9. The number of carbonyl (C=O) groups is 2. The standard InChI is InChI=1S/C23H24N2O6S/c1-28-16-10-13(11-17(29-2)20(16)30-3)9-14(12-24)21(26)25-22-19(23(27)31-4)15-7-5-6-8-18(15)32-22/h9-11H,5-8H2,1-4H3,(H,25,26)/b14-9+. The molecule has 9 heteroatoms. The van der Waals surface area contributed by atoms with Gasteiger partial charge < -0.3 is 24.3 Å². The molecule has 1 aromatic carbocycles. The lowest BCUT2D eigenvalue weighted by atomic mass is 9.95. The maximum absolute atomic E-state index is 12.9. The summed E-state index contributed by atoms with van der Waals surface area (Å²) in [5.74, 6) is 0.0863. The number of nitrogens with one attached hydrogen (secondary N) is 1. The molecule has 0 unspecified atom stereocenters. The van der Waals surface area contributed by atoms with Crippen LogP contribution in [0, 0.1) is 11.3 Å². The van der Waals surface area contributed by atoms with Gasteiger partial charge in [-0.2, -0.15) is 5.26 Å². The minimum absolute atomic E-state index is 0.138. The van der Waals surface area contributed by atoms with Gasteiger partial charge in [-0.25, -0.2) is 4.79 Å². The summed E-state index contributed by atoms with van der Waals surface area (Å²) in [5.41, 5.74) is 1.69. The van der Waals surface area contributed by atoms with Crippen molar-refractivity contribution in [3.8, 4) is 23.3 Å². The molecule has 1 N–H and O–H groups in total. The molecule has 1 heterocycles. The number of nitrogens with zero attached hydrogens (tertiary/aromatic N) is 1. The zero-order valence-electron chi connectivity index (χ0n) is 18.4. The molecule has 0 radical (unpaired) electrons. The lowest BCUT2D eigenvalue weighted by Gasteiger charge is -2.13. The van der Waals surface area contributed by atoms with Gasteiger partial charge in [0.05, 0.1) is 34.0 Å². The summed E-state index contributed by atoms with van der Waals surface area (Å²) in [6, 6.07) is 5.19. The van der Waals surface area contributed by atoms with Crippen molar-refractivity contribution >= 4 is 34.3 Å². The van der Waals surface area contributed by atoms with Gasteiger partial charge in [0.25, 0.3) is 5.91 Å². The molecule has 0 atom stereocenters. The van der Waals surface area contributed by atoms with E-state index in [0.29, 0.717) is 33.4 Å². The third-order valence-corrected chi connectivity index (χ3v) is 6.36. The Morgan fingerprint density at radius 3 is 2.28 bits per heavy atom. The molecule has 1 amide bonds. The van der Waals surface area contributed by atoms with Crippen LogP contribution in [0.3, 0.4) is 0 Å². The van der Waals surface area contributed by atoms with Crippen molar-refractivity contribution < 1.29 is 28.5 Å². The minimum Gasteiger partial charge on any atom is -0.493 e. The topological polar surface area (TPSA) is 107 Å². The molecule has 1 aliphatic rings. The van der Waals surface area contributed by atoms with Crippen LogP contribution in [0.5, 0.6) is 17.2 Å². The van der Waals surface area contributed by atoms with Gasteiger partial charge >= 0.3 is 5.97 Å². The Hall–Kier alpha value is -3.51. The first kappa shape index (κ1) is 23.2. The number of benzene rings is 1. The maximum atomic E-state index is 12.9. The van der Waals surface area contributed by atoms with Gasteiger partial charge in [0, 0.05) is 4.88 Å². The van der Waals surface area contributed by atoms with Crippen LogP contribution in [-0.4, -0.2) is 40.3 Å². The fraction of sp³-hybridized carbons (Fsp3) is 0.348. The summed E-state index contributed by atoms with van der Waals surface area (Å²) >= 11 is 1.36. The third kappa shape index (κ3) is 4.55. The van der Waals surface area contributed by atoms with E-state index in [2.05, 4.69) is 5.32 Å². The molecule has 1 aliphatic carbocycles. The number of nitriles is 1. The maximum Gasteiger partial charge on any atom is 0.341 e. The quantitative estimate of drug-likeness (QED) is 0.381. The SMILES string of the molecule is COC(=O)c1c(NC(=O)/C(C#N)=C/c2cc(OC)c(OC)c(OC)c2)sc2c1CCCC2. The number of methoxy groups -OCH3 is 4. The van der Waals surface area contributed by atoms with Crippen molar-refractivity contribution in [1.82, 2.24) is 0 Å². The van der Waals surface area contributed by atoms with E-state index in [0.717, 1.165) is 36.1 Å². The molecule has 3 rings (SSSR count). The minimum atomic E-state index is -0.620. The molecule has 2 aromatic rings. The Morgan fingerprint density at radius 2 is 1.72 bits per heavy atom. The van der Waals surface area contributed by atoms with E-state index >= 15 is 0 Å². The highest BCUT2D eigenvalue weighted by atomic mass is 32.1. The summed E-state index contributed by atoms with van der Waals surface area (Å²) in [6.07, 6.45) is 5.05. The number of aryl methyl sites for hydroxylation is 1. The number of thiophene rings is 1. The number of fused-ring (bicyclic) bond motifs is 1. The van der Waals surface area contributed by atoms with Gasteiger partial charge in [-0.1, -0.05) is 0 Å². The lowest BCUT2D eigenvalue weighted by Crippen LogP contribution is -2.16. The van der Waals surface area contributed by atoms with Crippen LogP contribution in [0.2, 0.25) is 0 Å². The summed E-state index contributed by atoms with van der Waals surface area (Å²) in [7, 11) is 5.76. The first-order valence-electron chi connectivity index (χ1n) is 9.93. The van der Waals surface area contributed by atoms with Crippen molar-refractivity contribution in [2.24, 2.45) is 0 Å². The molecule has 8 nitrogen and oxygen atoms in total. The molecule has 32 heavy (non-hydrogen) atoms. The molecular weight excluding hydrogens is 432 g/mol. The highest BCUT2D eigenvalue weighted by Crippen LogP contribution is 2.40. The Bertz CT molecular complexity index is 1090.